The standard InChI is InChI=1S/C25H32N8O4/c1-18-22(19-14-26-24(27-15-19)31-8-12-36-13-9-31)30-33(21-6-4-3-5-7-21)23(18)29-25(34)28-20-16-32(37-17-20)10-11-35-2/h3-7,14-15,20H,8-13,16-17H2,1-2H3,(H2,28,29,34)/t20-/m1/s1. The number of methoxy groups -OCH3 is 1. The smallest absolute Gasteiger partial charge is 0.320 e. The molecule has 0 saturated carbocycles. The molecule has 12 nitrogen and oxygen atoms in total. The topological polar surface area (TPSA) is 119 Å². The largest absolute Gasteiger partial charge is 0.383 e. The molecule has 2 N–H and O–H groups in total. The fourth-order valence-corrected chi connectivity index (χ4v) is 4.36. The van der Waals surface area contributed by atoms with Gasteiger partial charge in [0.25, 0.3) is 0 Å². The van der Waals surface area contributed by atoms with Crippen molar-refractivity contribution >= 4 is 17.8 Å². The lowest BCUT2D eigenvalue weighted by atomic mass is 10.1. The molecule has 2 aromatic heterocycles. The molecule has 2 fully saturated rings. The van der Waals surface area contributed by atoms with E-state index in [0.717, 1.165) is 29.9 Å². The van der Waals surface area contributed by atoms with E-state index in [1.54, 1.807) is 29.2 Å². The number of morpholine rings is 1. The van der Waals surface area contributed by atoms with E-state index in [2.05, 4.69) is 25.5 Å². The van der Waals surface area contributed by atoms with Crippen molar-refractivity contribution in [2.24, 2.45) is 0 Å². The normalized spacial score (nSPS) is 18.2. The van der Waals surface area contributed by atoms with E-state index in [4.69, 9.17) is 19.4 Å². The van der Waals surface area contributed by atoms with Crippen LogP contribution in [-0.2, 0) is 14.3 Å². The van der Waals surface area contributed by atoms with Crippen LogP contribution in [0.25, 0.3) is 16.9 Å². The lowest BCUT2D eigenvalue weighted by Crippen LogP contribution is -2.41. The summed E-state index contributed by atoms with van der Waals surface area (Å²) in [4.78, 5) is 29.9. The number of anilines is 2. The summed E-state index contributed by atoms with van der Waals surface area (Å²) in [6, 6.07) is 9.22. The molecule has 0 radical (unpaired) electrons. The number of rotatable bonds is 8. The van der Waals surface area contributed by atoms with Gasteiger partial charge in [-0.3, -0.25) is 10.2 Å². The van der Waals surface area contributed by atoms with Crippen molar-refractivity contribution in [1.82, 2.24) is 30.1 Å². The zero-order chi connectivity index (χ0) is 25.6. The number of hydroxylamine groups is 2. The van der Waals surface area contributed by atoms with Crippen LogP contribution in [0.2, 0.25) is 0 Å². The summed E-state index contributed by atoms with van der Waals surface area (Å²) in [7, 11) is 1.65. The molecule has 5 rings (SSSR count). The van der Waals surface area contributed by atoms with Crippen molar-refractivity contribution in [3.05, 3.63) is 48.3 Å². The molecule has 4 heterocycles. The number of benzene rings is 1. The molecule has 2 amide bonds. The van der Waals surface area contributed by atoms with Crippen molar-refractivity contribution in [3.8, 4) is 16.9 Å². The fourth-order valence-electron chi connectivity index (χ4n) is 4.36. The van der Waals surface area contributed by atoms with Gasteiger partial charge in [0.2, 0.25) is 5.95 Å². The molecule has 12 heteroatoms. The Labute approximate surface area is 215 Å². The molecule has 1 aromatic carbocycles. The Kier molecular flexibility index (Phi) is 7.90. The van der Waals surface area contributed by atoms with Crippen LogP contribution in [0.4, 0.5) is 16.6 Å². The average Bonchev–Trinajstić information content (AvgIpc) is 3.52. The van der Waals surface area contributed by atoms with E-state index < -0.39 is 0 Å². The highest BCUT2D eigenvalue weighted by molar-refractivity contribution is 5.91. The van der Waals surface area contributed by atoms with Gasteiger partial charge < -0.3 is 19.7 Å². The molecular formula is C25H32N8O4. The highest BCUT2D eigenvalue weighted by atomic mass is 16.7. The van der Waals surface area contributed by atoms with Gasteiger partial charge in [-0.15, -0.1) is 0 Å². The fraction of sp³-hybridized carbons (Fsp3) is 0.440. The molecule has 37 heavy (non-hydrogen) atoms. The van der Waals surface area contributed by atoms with Crippen LogP contribution in [0.1, 0.15) is 5.56 Å². The summed E-state index contributed by atoms with van der Waals surface area (Å²) in [5.74, 6) is 1.24. The minimum atomic E-state index is -0.326. The van der Waals surface area contributed by atoms with E-state index >= 15 is 0 Å². The predicted molar refractivity (Wildman–Crippen MR) is 138 cm³/mol. The predicted octanol–water partition coefficient (Wildman–Crippen LogP) is 1.86. The first-order valence-corrected chi connectivity index (χ1v) is 12.4. The van der Waals surface area contributed by atoms with E-state index in [1.165, 1.54) is 0 Å². The Bertz CT molecular complexity index is 1180. The second-order valence-corrected chi connectivity index (χ2v) is 8.91. The van der Waals surface area contributed by atoms with Gasteiger partial charge in [-0.2, -0.15) is 10.2 Å². The minimum Gasteiger partial charge on any atom is -0.383 e. The van der Waals surface area contributed by atoms with Crippen LogP contribution in [0.15, 0.2) is 42.7 Å². The molecule has 0 unspecified atom stereocenters. The zero-order valence-electron chi connectivity index (χ0n) is 21.1. The molecule has 0 aliphatic carbocycles. The number of aromatic nitrogens is 4. The van der Waals surface area contributed by atoms with Crippen molar-refractivity contribution in [3.63, 3.8) is 0 Å². The van der Waals surface area contributed by atoms with Crippen LogP contribution >= 0.6 is 0 Å². The lowest BCUT2D eigenvalue weighted by molar-refractivity contribution is -0.118. The highest BCUT2D eigenvalue weighted by Gasteiger charge is 2.26. The van der Waals surface area contributed by atoms with E-state index in [0.29, 0.717) is 57.0 Å². The number of urea groups is 1. The van der Waals surface area contributed by atoms with Crippen LogP contribution in [-0.4, -0.2) is 96.6 Å². The van der Waals surface area contributed by atoms with Crippen molar-refractivity contribution in [1.29, 1.82) is 0 Å². The second kappa shape index (κ2) is 11.6. The summed E-state index contributed by atoms with van der Waals surface area (Å²) in [6.45, 7) is 7.00. The van der Waals surface area contributed by atoms with Gasteiger partial charge in [0, 0.05) is 56.8 Å². The summed E-state index contributed by atoms with van der Waals surface area (Å²) in [5, 5.41) is 12.6. The van der Waals surface area contributed by atoms with Crippen molar-refractivity contribution < 1.29 is 19.1 Å². The number of ether oxygens (including phenoxy) is 2. The Morgan fingerprint density at radius 1 is 1.16 bits per heavy atom. The Morgan fingerprint density at radius 3 is 2.65 bits per heavy atom. The minimum absolute atomic E-state index is 0.133. The monoisotopic (exact) mass is 508 g/mol. The molecule has 196 valence electrons. The van der Waals surface area contributed by atoms with Gasteiger partial charge >= 0.3 is 6.03 Å². The molecule has 2 saturated heterocycles. The molecule has 2 aliphatic heterocycles. The Hall–Kier alpha value is -3.58. The SMILES string of the molecule is COCCN1C[C@@H](NC(=O)Nc2c(C)c(-c3cnc(N4CCOCC4)nc3)nn2-c2ccccc2)CO1. The zero-order valence-corrected chi connectivity index (χ0v) is 21.1. The molecule has 0 bridgehead atoms. The number of carbonyl (C=O) groups excluding carboxylic acids is 1. The maximum absolute atomic E-state index is 13.0. The third kappa shape index (κ3) is 5.88. The van der Waals surface area contributed by atoms with E-state index in [-0.39, 0.29) is 12.1 Å². The van der Waals surface area contributed by atoms with E-state index in [1.807, 2.05) is 37.3 Å². The summed E-state index contributed by atoms with van der Waals surface area (Å²) >= 11 is 0. The summed E-state index contributed by atoms with van der Waals surface area (Å²) in [5.41, 5.74) is 3.10. The number of hydrogen-bond acceptors (Lipinski definition) is 9. The van der Waals surface area contributed by atoms with Gasteiger partial charge in [0.05, 0.1) is 38.2 Å². The number of hydrogen-bond donors (Lipinski definition) is 2. The number of para-hydroxylation sites is 1. The number of amides is 2. The van der Waals surface area contributed by atoms with Crippen molar-refractivity contribution in [2.45, 2.75) is 13.0 Å². The number of nitrogens with zero attached hydrogens (tertiary/aromatic N) is 6. The first-order chi connectivity index (χ1) is 18.1. The number of nitrogens with one attached hydrogen (secondary N) is 2. The first kappa shape index (κ1) is 25.1. The quantitative estimate of drug-likeness (QED) is 0.470. The van der Waals surface area contributed by atoms with Gasteiger partial charge in [0.15, 0.2) is 0 Å². The molecule has 3 aromatic rings. The third-order valence-corrected chi connectivity index (χ3v) is 6.32. The van der Waals surface area contributed by atoms with Crippen LogP contribution in [0.3, 0.4) is 0 Å². The second-order valence-electron chi connectivity index (χ2n) is 8.91. The van der Waals surface area contributed by atoms with E-state index in [9.17, 15) is 4.79 Å². The maximum atomic E-state index is 13.0. The first-order valence-electron chi connectivity index (χ1n) is 12.4. The van der Waals surface area contributed by atoms with Gasteiger partial charge in [-0.05, 0) is 19.1 Å². The molecular weight excluding hydrogens is 476 g/mol. The van der Waals surface area contributed by atoms with Gasteiger partial charge in [-0.1, -0.05) is 18.2 Å². The summed E-state index contributed by atoms with van der Waals surface area (Å²) in [6.07, 6.45) is 3.55. The lowest BCUT2D eigenvalue weighted by Gasteiger charge is -2.26. The van der Waals surface area contributed by atoms with Gasteiger partial charge in [0.1, 0.15) is 11.5 Å². The average molecular weight is 509 g/mol. The van der Waals surface area contributed by atoms with Gasteiger partial charge in [-0.25, -0.2) is 19.4 Å². The third-order valence-electron chi connectivity index (χ3n) is 6.32. The summed E-state index contributed by atoms with van der Waals surface area (Å²) < 4.78 is 12.2. The maximum Gasteiger partial charge on any atom is 0.320 e. The molecule has 0 spiro atoms. The van der Waals surface area contributed by atoms with Crippen LogP contribution in [0, 0.1) is 6.92 Å². The number of carbonyl (C=O) groups is 1. The van der Waals surface area contributed by atoms with Crippen molar-refractivity contribution in [2.75, 3.05) is 69.9 Å². The highest BCUT2D eigenvalue weighted by Crippen LogP contribution is 2.30. The molecule has 1 atom stereocenters. The Balaban J connectivity index is 1.35. The van der Waals surface area contributed by atoms with Crippen LogP contribution in [0.5, 0.6) is 0 Å². The van der Waals surface area contributed by atoms with Crippen LogP contribution < -0.4 is 15.5 Å². The molecule has 2 aliphatic rings. The Morgan fingerprint density at radius 2 is 1.92 bits per heavy atom.